The van der Waals surface area contributed by atoms with Crippen molar-refractivity contribution in [2.24, 2.45) is 7.05 Å². The summed E-state index contributed by atoms with van der Waals surface area (Å²) >= 11 is 5.89. The average Bonchev–Trinajstić information content (AvgIpc) is 2.85. The highest BCUT2D eigenvalue weighted by Crippen LogP contribution is 2.24. The first-order valence-electron chi connectivity index (χ1n) is 6.01. The minimum Gasteiger partial charge on any atom is -0.384 e. The second-order valence-corrected chi connectivity index (χ2v) is 4.85. The molecule has 0 saturated carbocycles. The van der Waals surface area contributed by atoms with Crippen LogP contribution in [0.3, 0.4) is 0 Å². The minimum atomic E-state index is 0.420. The molecule has 5 nitrogen and oxygen atoms in total. The number of benzene rings is 1. The Balaban J connectivity index is 2.09. The number of nitrogens with zero attached hydrogens (tertiary/aromatic N) is 4. The van der Waals surface area contributed by atoms with Crippen molar-refractivity contribution < 1.29 is 0 Å². The zero-order chi connectivity index (χ0) is 14.1. The lowest BCUT2D eigenvalue weighted by Crippen LogP contribution is -1.97. The second kappa shape index (κ2) is 4.94. The molecule has 0 saturated heterocycles. The predicted octanol–water partition coefficient (Wildman–Crippen LogP) is 2.78. The molecule has 100 valence electrons. The van der Waals surface area contributed by atoms with Crippen LogP contribution in [0.25, 0.3) is 22.6 Å². The predicted molar refractivity (Wildman–Crippen MR) is 79.1 cm³/mol. The van der Waals surface area contributed by atoms with Gasteiger partial charge in [-0.05, 0) is 12.1 Å². The first kappa shape index (κ1) is 12.6. The number of hydrogen-bond acceptors (Lipinski definition) is 4. The largest absolute Gasteiger partial charge is 0.384 e. The topological polar surface area (TPSA) is 69.6 Å². The highest BCUT2D eigenvalue weighted by atomic mass is 35.5. The van der Waals surface area contributed by atoms with E-state index in [0.717, 1.165) is 16.8 Å². The van der Waals surface area contributed by atoms with Gasteiger partial charge >= 0.3 is 0 Å². The number of anilines is 1. The Morgan fingerprint density at radius 1 is 1.10 bits per heavy atom. The summed E-state index contributed by atoms with van der Waals surface area (Å²) in [5.74, 6) is 0.979. The molecule has 0 amide bonds. The summed E-state index contributed by atoms with van der Waals surface area (Å²) in [4.78, 5) is 8.78. The van der Waals surface area contributed by atoms with Crippen LogP contribution in [-0.4, -0.2) is 19.7 Å². The van der Waals surface area contributed by atoms with E-state index in [1.165, 1.54) is 0 Å². The van der Waals surface area contributed by atoms with Gasteiger partial charge in [0.1, 0.15) is 5.82 Å². The molecular formula is C14H12ClN5. The minimum absolute atomic E-state index is 0.420. The van der Waals surface area contributed by atoms with Gasteiger partial charge in [-0.1, -0.05) is 23.7 Å². The molecule has 0 bridgehead atoms. The third-order valence-electron chi connectivity index (χ3n) is 2.85. The fourth-order valence-electron chi connectivity index (χ4n) is 1.90. The van der Waals surface area contributed by atoms with E-state index in [1.807, 2.05) is 37.5 Å². The molecule has 3 aromatic rings. The number of halogens is 1. The van der Waals surface area contributed by atoms with Crippen molar-refractivity contribution in [3.05, 3.63) is 47.7 Å². The first-order valence-corrected chi connectivity index (χ1v) is 6.39. The molecule has 0 radical (unpaired) electrons. The summed E-state index contributed by atoms with van der Waals surface area (Å²) in [6.45, 7) is 0. The number of nitrogen functional groups attached to an aromatic ring is 1. The van der Waals surface area contributed by atoms with E-state index in [2.05, 4.69) is 15.1 Å². The van der Waals surface area contributed by atoms with Crippen LogP contribution in [0.1, 0.15) is 0 Å². The van der Waals surface area contributed by atoms with Gasteiger partial charge in [-0.2, -0.15) is 5.10 Å². The molecular weight excluding hydrogens is 274 g/mol. The molecule has 6 heteroatoms. The Morgan fingerprint density at radius 3 is 2.50 bits per heavy atom. The lowest BCUT2D eigenvalue weighted by Gasteiger charge is -2.05. The zero-order valence-electron chi connectivity index (χ0n) is 10.8. The Labute approximate surface area is 121 Å². The quantitative estimate of drug-likeness (QED) is 0.786. The standard InChI is InChI=1S/C14H12ClN5/c1-20-8-10(7-17-20)14-18-12(6-13(16)19-14)9-2-4-11(15)5-3-9/h2-8H,1H3,(H2,16,18,19). The number of rotatable bonds is 2. The molecule has 0 unspecified atom stereocenters. The van der Waals surface area contributed by atoms with E-state index in [0.29, 0.717) is 16.7 Å². The molecule has 2 aromatic heterocycles. The monoisotopic (exact) mass is 285 g/mol. The molecule has 2 heterocycles. The molecule has 0 atom stereocenters. The third kappa shape index (κ3) is 2.48. The van der Waals surface area contributed by atoms with Crippen LogP contribution >= 0.6 is 11.6 Å². The zero-order valence-corrected chi connectivity index (χ0v) is 11.5. The summed E-state index contributed by atoms with van der Waals surface area (Å²) in [6, 6.07) is 9.18. The summed E-state index contributed by atoms with van der Waals surface area (Å²) < 4.78 is 1.70. The van der Waals surface area contributed by atoms with Gasteiger partial charge in [0.15, 0.2) is 5.82 Å². The number of nitrogens with two attached hydrogens (primary N) is 1. The lowest BCUT2D eigenvalue weighted by atomic mass is 10.1. The van der Waals surface area contributed by atoms with Crippen molar-refractivity contribution >= 4 is 17.4 Å². The molecule has 0 aliphatic rings. The van der Waals surface area contributed by atoms with Crippen LogP contribution in [0.4, 0.5) is 5.82 Å². The van der Waals surface area contributed by atoms with E-state index in [-0.39, 0.29) is 0 Å². The fourth-order valence-corrected chi connectivity index (χ4v) is 2.03. The van der Waals surface area contributed by atoms with E-state index in [9.17, 15) is 0 Å². The van der Waals surface area contributed by atoms with Crippen molar-refractivity contribution in [1.29, 1.82) is 0 Å². The van der Waals surface area contributed by atoms with Gasteiger partial charge in [0.25, 0.3) is 0 Å². The Bertz CT molecular complexity index is 749. The number of hydrogen-bond donors (Lipinski definition) is 1. The van der Waals surface area contributed by atoms with Gasteiger partial charge in [0.2, 0.25) is 0 Å². The maximum atomic E-state index is 5.89. The maximum Gasteiger partial charge on any atom is 0.165 e. The highest BCUT2D eigenvalue weighted by molar-refractivity contribution is 6.30. The van der Waals surface area contributed by atoms with Gasteiger partial charge < -0.3 is 5.73 Å². The third-order valence-corrected chi connectivity index (χ3v) is 3.10. The van der Waals surface area contributed by atoms with Gasteiger partial charge in [-0.3, -0.25) is 4.68 Å². The average molecular weight is 286 g/mol. The van der Waals surface area contributed by atoms with Gasteiger partial charge in [0, 0.05) is 29.9 Å². The molecule has 0 aliphatic carbocycles. The smallest absolute Gasteiger partial charge is 0.165 e. The van der Waals surface area contributed by atoms with Crippen molar-refractivity contribution in [3.8, 4) is 22.6 Å². The van der Waals surface area contributed by atoms with Crippen LogP contribution in [0.15, 0.2) is 42.7 Å². The fraction of sp³-hybridized carbons (Fsp3) is 0.0714. The van der Waals surface area contributed by atoms with E-state index in [1.54, 1.807) is 16.9 Å². The number of aryl methyl sites for hydroxylation is 1. The summed E-state index contributed by atoms with van der Waals surface area (Å²) in [5.41, 5.74) is 8.39. The molecule has 20 heavy (non-hydrogen) atoms. The summed E-state index contributed by atoms with van der Waals surface area (Å²) in [5, 5.41) is 4.80. The van der Waals surface area contributed by atoms with Crippen molar-refractivity contribution in [2.75, 3.05) is 5.73 Å². The van der Waals surface area contributed by atoms with Gasteiger partial charge in [-0.15, -0.1) is 0 Å². The number of aromatic nitrogens is 4. The van der Waals surface area contributed by atoms with Crippen molar-refractivity contribution in [2.45, 2.75) is 0 Å². The van der Waals surface area contributed by atoms with Crippen LogP contribution < -0.4 is 5.73 Å². The normalized spacial score (nSPS) is 10.7. The molecule has 0 spiro atoms. The van der Waals surface area contributed by atoms with Gasteiger partial charge in [0.05, 0.1) is 17.5 Å². The lowest BCUT2D eigenvalue weighted by molar-refractivity contribution is 0.768. The molecule has 0 aliphatic heterocycles. The van der Waals surface area contributed by atoms with E-state index < -0.39 is 0 Å². The van der Waals surface area contributed by atoms with Crippen LogP contribution in [0.2, 0.25) is 5.02 Å². The molecule has 0 fully saturated rings. The molecule has 1 aromatic carbocycles. The Hall–Kier alpha value is -2.40. The molecule has 2 N–H and O–H groups in total. The van der Waals surface area contributed by atoms with Crippen LogP contribution in [-0.2, 0) is 7.05 Å². The van der Waals surface area contributed by atoms with E-state index >= 15 is 0 Å². The van der Waals surface area contributed by atoms with Crippen molar-refractivity contribution in [3.63, 3.8) is 0 Å². The SMILES string of the molecule is Cn1cc(-c2nc(N)cc(-c3ccc(Cl)cc3)n2)cn1. The van der Waals surface area contributed by atoms with Gasteiger partial charge in [-0.25, -0.2) is 9.97 Å². The molecule has 3 rings (SSSR count). The van der Waals surface area contributed by atoms with Crippen LogP contribution in [0.5, 0.6) is 0 Å². The maximum absolute atomic E-state index is 5.89. The summed E-state index contributed by atoms with van der Waals surface area (Å²) in [6.07, 6.45) is 3.56. The summed E-state index contributed by atoms with van der Waals surface area (Å²) in [7, 11) is 1.84. The van der Waals surface area contributed by atoms with E-state index in [4.69, 9.17) is 17.3 Å². The van der Waals surface area contributed by atoms with Crippen LogP contribution in [0, 0.1) is 0 Å². The van der Waals surface area contributed by atoms with Crippen molar-refractivity contribution in [1.82, 2.24) is 19.7 Å². The Kier molecular flexibility index (Phi) is 3.12. The Morgan fingerprint density at radius 2 is 1.85 bits per heavy atom. The second-order valence-electron chi connectivity index (χ2n) is 4.41. The highest BCUT2D eigenvalue weighted by Gasteiger charge is 2.08. The first-order chi connectivity index (χ1) is 9.61.